The molecule has 2 aromatic carbocycles. The zero-order valence-corrected chi connectivity index (χ0v) is 20.7. The van der Waals surface area contributed by atoms with Gasteiger partial charge >= 0.3 is 0 Å². The second-order valence-corrected chi connectivity index (χ2v) is 12.3. The molecule has 170 valence electrons. The first-order valence-electron chi connectivity index (χ1n) is 10.9. The van der Waals surface area contributed by atoms with Crippen LogP contribution in [0.2, 0.25) is 0 Å². The van der Waals surface area contributed by atoms with Crippen LogP contribution in [0.4, 0.5) is 5.13 Å². The van der Waals surface area contributed by atoms with Gasteiger partial charge in [0.15, 0.2) is 15.0 Å². The molecule has 0 spiro atoms. The maximum atomic E-state index is 13.2. The number of ether oxygens (including phenoxy) is 1. The van der Waals surface area contributed by atoms with E-state index in [1.807, 2.05) is 41.8 Å². The summed E-state index contributed by atoms with van der Waals surface area (Å²) >= 11 is 1.60. The number of anilines is 1. The van der Waals surface area contributed by atoms with Crippen LogP contribution in [0.25, 0.3) is 11.3 Å². The molecule has 0 N–H and O–H groups in total. The fourth-order valence-electron chi connectivity index (χ4n) is 4.02. The summed E-state index contributed by atoms with van der Waals surface area (Å²) in [6.07, 6.45) is 1.22. The van der Waals surface area contributed by atoms with Crippen LogP contribution in [-0.4, -0.2) is 38.9 Å². The van der Waals surface area contributed by atoms with Crippen LogP contribution in [-0.2, 0) is 15.3 Å². The van der Waals surface area contributed by atoms with Crippen molar-refractivity contribution in [3.8, 4) is 17.0 Å². The van der Waals surface area contributed by atoms with Gasteiger partial charge in [0.25, 0.3) is 0 Å². The highest BCUT2D eigenvalue weighted by Gasteiger charge is 2.32. The number of hydrogen-bond donors (Lipinski definition) is 0. The summed E-state index contributed by atoms with van der Waals surface area (Å²) in [5, 5.41) is 2.63. The zero-order valence-electron chi connectivity index (χ0n) is 19.0. The minimum atomic E-state index is -3.33. The van der Waals surface area contributed by atoms with Crippen LogP contribution in [0.3, 0.4) is 0 Å². The number of sulfone groups is 1. The van der Waals surface area contributed by atoms with Gasteiger partial charge in [-0.25, -0.2) is 13.4 Å². The SMILES string of the molecule is COc1cccc(-c2csc(N3CCC(S(=O)(=O)c4ccc(C(C)(C)C)cc4)CC3)n2)c1. The lowest BCUT2D eigenvalue weighted by Gasteiger charge is -2.31. The average Bonchev–Trinajstić information content (AvgIpc) is 3.29. The molecule has 7 heteroatoms. The summed E-state index contributed by atoms with van der Waals surface area (Å²) in [7, 11) is -1.68. The van der Waals surface area contributed by atoms with E-state index >= 15 is 0 Å². The lowest BCUT2D eigenvalue weighted by Crippen LogP contribution is -2.39. The van der Waals surface area contributed by atoms with Crippen molar-refractivity contribution in [1.82, 2.24) is 4.98 Å². The molecule has 4 rings (SSSR count). The first-order valence-corrected chi connectivity index (χ1v) is 13.3. The average molecular weight is 471 g/mol. The summed E-state index contributed by atoms with van der Waals surface area (Å²) in [4.78, 5) is 7.42. The number of rotatable bonds is 5. The third-order valence-electron chi connectivity index (χ3n) is 6.06. The third kappa shape index (κ3) is 4.69. The third-order valence-corrected chi connectivity index (χ3v) is 9.24. The van der Waals surface area contributed by atoms with E-state index in [9.17, 15) is 8.42 Å². The maximum absolute atomic E-state index is 13.2. The number of piperidine rings is 1. The summed E-state index contributed by atoms with van der Waals surface area (Å²) in [5.74, 6) is 0.804. The van der Waals surface area contributed by atoms with Gasteiger partial charge < -0.3 is 9.64 Å². The molecule has 1 aliphatic heterocycles. The Bertz CT molecular complexity index is 1170. The van der Waals surface area contributed by atoms with E-state index in [2.05, 4.69) is 25.7 Å². The van der Waals surface area contributed by atoms with Crippen molar-refractivity contribution in [2.45, 2.75) is 49.2 Å². The monoisotopic (exact) mass is 470 g/mol. The zero-order chi connectivity index (χ0) is 22.9. The number of hydrogen-bond acceptors (Lipinski definition) is 6. The molecule has 2 heterocycles. The molecule has 32 heavy (non-hydrogen) atoms. The Morgan fingerprint density at radius 3 is 2.38 bits per heavy atom. The van der Waals surface area contributed by atoms with Gasteiger partial charge in [-0.15, -0.1) is 11.3 Å². The molecule has 0 atom stereocenters. The molecule has 0 bridgehead atoms. The van der Waals surface area contributed by atoms with Gasteiger partial charge in [-0.2, -0.15) is 0 Å². The van der Waals surface area contributed by atoms with Gasteiger partial charge in [0.2, 0.25) is 0 Å². The normalized spacial score (nSPS) is 15.7. The lowest BCUT2D eigenvalue weighted by atomic mass is 9.87. The van der Waals surface area contributed by atoms with Gasteiger partial charge in [0, 0.05) is 24.0 Å². The number of methoxy groups -OCH3 is 1. The smallest absolute Gasteiger partial charge is 0.185 e. The molecule has 1 aromatic heterocycles. The van der Waals surface area contributed by atoms with Crippen LogP contribution < -0.4 is 9.64 Å². The minimum absolute atomic E-state index is 0.00503. The van der Waals surface area contributed by atoms with Crippen LogP contribution >= 0.6 is 11.3 Å². The van der Waals surface area contributed by atoms with E-state index in [1.54, 1.807) is 30.6 Å². The number of aromatic nitrogens is 1. The van der Waals surface area contributed by atoms with Crippen LogP contribution in [0.5, 0.6) is 5.75 Å². The minimum Gasteiger partial charge on any atom is -0.497 e. The van der Waals surface area contributed by atoms with Crippen molar-refractivity contribution in [2.75, 3.05) is 25.1 Å². The fourth-order valence-corrected chi connectivity index (χ4v) is 6.64. The molecule has 0 unspecified atom stereocenters. The summed E-state index contributed by atoms with van der Waals surface area (Å²) in [6, 6.07) is 15.3. The predicted octanol–water partition coefficient (Wildman–Crippen LogP) is 5.56. The van der Waals surface area contributed by atoms with E-state index < -0.39 is 9.84 Å². The van der Waals surface area contributed by atoms with Crippen molar-refractivity contribution < 1.29 is 13.2 Å². The number of nitrogens with zero attached hydrogens (tertiary/aromatic N) is 2. The highest BCUT2D eigenvalue weighted by molar-refractivity contribution is 7.92. The van der Waals surface area contributed by atoms with E-state index in [-0.39, 0.29) is 10.7 Å². The molecule has 3 aromatic rings. The molecule has 1 fully saturated rings. The summed E-state index contributed by atoms with van der Waals surface area (Å²) < 4.78 is 31.7. The van der Waals surface area contributed by atoms with Crippen molar-refractivity contribution >= 4 is 26.3 Å². The van der Waals surface area contributed by atoms with Gasteiger partial charge in [0.1, 0.15) is 5.75 Å². The Morgan fingerprint density at radius 1 is 1.06 bits per heavy atom. The number of benzene rings is 2. The molecule has 1 aliphatic rings. The highest BCUT2D eigenvalue weighted by Crippen LogP contribution is 2.33. The first-order chi connectivity index (χ1) is 15.2. The lowest BCUT2D eigenvalue weighted by molar-refractivity contribution is 0.415. The second-order valence-electron chi connectivity index (χ2n) is 9.25. The van der Waals surface area contributed by atoms with Gasteiger partial charge in [-0.1, -0.05) is 45.0 Å². The molecule has 0 radical (unpaired) electrons. The van der Waals surface area contributed by atoms with Gasteiger partial charge in [0.05, 0.1) is 22.9 Å². The molecule has 0 amide bonds. The largest absolute Gasteiger partial charge is 0.497 e. The van der Waals surface area contributed by atoms with E-state index in [0.29, 0.717) is 30.8 Å². The maximum Gasteiger partial charge on any atom is 0.185 e. The Kier molecular flexibility index (Phi) is 6.32. The van der Waals surface area contributed by atoms with E-state index in [1.165, 1.54) is 0 Å². The molecular weight excluding hydrogens is 440 g/mol. The standard InChI is InChI=1S/C25H30N2O3S2/c1-25(2,3)19-8-10-21(11-9-19)32(28,29)22-12-14-27(15-13-22)24-26-23(17-31-24)18-6-5-7-20(16-18)30-4/h5-11,16-17,22H,12-15H2,1-4H3. The second kappa shape index (κ2) is 8.87. The highest BCUT2D eigenvalue weighted by atomic mass is 32.2. The topological polar surface area (TPSA) is 59.5 Å². The summed E-state index contributed by atoms with van der Waals surface area (Å²) in [6.45, 7) is 7.77. The summed E-state index contributed by atoms with van der Waals surface area (Å²) in [5.41, 5.74) is 3.08. The van der Waals surface area contributed by atoms with E-state index in [4.69, 9.17) is 9.72 Å². The van der Waals surface area contributed by atoms with Crippen LogP contribution in [0.15, 0.2) is 58.8 Å². The predicted molar refractivity (Wildman–Crippen MR) is 132 cm³/mol. The molecule has 0 aliphatic carbocycles. The fraction of sp³-hybridized carbons (Fsp3) is 0.400. The van der Waals surface area contributed by atoms with Gasteiger partial charge in [-0.3, -0.25) is 0 Å². The van der Waals surface area contributed by atoms with Gasteiger partial charge in [-0.05, 0) is 48.1 Å². The quantitative estimate of drug-likeness (QED) is 0.489. The van der Waals surface area contributed by atoms with E-state index in [0.717, 1.165) is 27.7 Å². The molecule has 5 nitrogen and oxygen atoms in total. The number of thiazole rings is 1. The Labute approximate surface area is 195 Å². The molecule has 0 saturated carbocycles. The first kappa shape index (κ1) is 22.8. The van der Waals surface area contributed by atoms with Crippen molar-refractivity contribution in [3.05, 3.63) is 59.5 Å². The Balaban J connectivity index is 1.43. The van der Waals surface area contributed by atoms with Crippen LogP contribution in [0, 0.1) is 0 Å². The Hall–Kier alpha value is -2.38. The molecule has 1 saturated heterocycles. The van der Waals surface area contributed by atoms with Crippen LogP contribution in [0.1, 0.15) is 39.2 Å². The van der Waals surface area contributed by atoms with Crippen molar-refractivity contribution in [3.63, 3.8) is 0 Å². The molecular formula is C25H30N2O3S2. The van der Waals surface area contributed by atoms with Crippen molar-refractivity contribution in [2.24, 2.45) is 0 Å². The van der Waals surface area contributed by atoms with Crippen molar-refractivity contribution in [1.29, 1.82) is 0 Å². The Morgan fingerprint density at radius 2 is 1.75 bits per heavy atom.